The van der Waals surface area contributed by atoms with Crippen LogP contribution in [0.15, 0.2) is 12.1 Å². The number of carbonyl (C=O) groups is 1. The molecule has 1 aliphatic carbocycles. The summed E-state index contributed by atoms with van der Waals surface area (Å²) in [6.07, 6.45) is 2.57. The van der Waals surface area contributed by atoms with Crippen LogP contribution < -0.4 is 10.5 Å². The molecule has 0 radical (unpaired) electrons. The topological polar surface area (TPSA) is 92.5 Å². The molecule has 1 saturated heterocycles. The van der Waals surface area contributed by atoms with Crippen molar-refractivity contribution in [2.75, 3.05) is 13.1 Å². The number of nitrogens with zero attached hydrogens (tertiary/aromatic N) is 1. The maximum atomic E-state index is 13.8. The molecular formula is C18H24F3N3O3S. The molecule has 1 aromatic rings. The van der Waals surface area contributed by atoms with Crippen LogP contribution in [0, 0.1) is 17.5 Å². The standard InChI is InChI=1S/C18H24F3N3O3S/c19-15-9-17(21)16(20)7-11(15)6-12(22)8-18(25)24-5-1-2-13(24)10-23-28(26,27)14-3-4-14/h7,9,12-14,23H,1-6,8,10,22H2/t12-,13?/m1/s1. The van der Waals surface area contributed by atoms with Crippen molar-refractivity contribution < 1.29 is 26.4 Å². The van der Waals surface area contributed by atoms with Crippen molar-refractivity contribution in [3.8, 4) is 0 Å². The summed E-state index contributed by atoms with van der Waals surface area (Å²) in [5.41, 5.74) is 5.84. The first kappa shape index (κ1) is 21.1. The van der Waals surface area contributed by atoms with E-state index in [-0.39, 0.29) is 42.1 Å². The summed E-state index contributed by atoms with van der Waals surface area (Å²) >= 11 is 0. The molecule has 10 heteroatoms. The molecule has 1 aromatic carbocycles. The summed E-state index contributed by atoms with van der Waals surface area (Å²) in [6.45, 7) is 0.665. The molecule has 1 heterocycles. The molecule has 2 fully saturated rings. The molecule has 3 rings (SSSR count). The lowest BCUT2D eigenvalue weighted by Gasteiger charge is -2.26. The molecule has 28 heavy (non-hydrogen) atoms. The molecular weight excluding hydrogens is 395 g/mol. The van der Waals surface area contributed by atoms with Gasteiger partial charge in [-0.05, 0) is 43.7 Å². The fraction of sp³-hybridized carbons (Fsp3) is 0.611. The number of hydrogen-bond donors (Lipinski definition) is 2. The Morgan fingerprint density at radius 2 is 1.86 bits per heavy atom. The Morgan fingerprint density at radius 3 is 2.54 bits per heavy atom. The van der Waals surface area contributed by atoms with E-state index in [0.29, 0.717) is 31.9 Å². The van der Waals surface area contributed by atoms with Gasteiger partial charge in [0.25, 0.3) is 0 Å². The van der Waals surface area contributed by atoms with Crippen molar-refractivity contribution in [3.05, 3.63) is 35.1 Å². The molecule has 0 aromatic heterocycles. The fourth-order valence-electron chi connectivity index (χ4n) is 3.50. The van der Waals surface area contributed by atoms with Gasteiger partial charge < -0.3 is 10.6 Å². The van der Waals surface area contributed by atoms with E-state index in [1.165, 1.54) is 0 Å². The number of nitrogens with one attached hydrogen (secondary N) is 1. The normalized spacial score (nSPS) is 21.1. The Bertz CT molecular complexity index is 846. The zero-order chi connectivity index (χ0) is 20.5. The number of sulfonamides is 1. The molecule has 156 valence electrons. The lowest BCUT2D eigenvalue weighted by atomic mass is 10.0. The Balaban J connectivity index is 1.54. The number of benzene rings is 1. The van der Waals surface area contributed by atoms with Gasteiger partial charge in [0, 0.05) is 37.7 Å². The molecule has 2 atom stereocenters. The van der Waals surface area contributed by atoms with Crippen LogP contribution in [0.3, 0.4) is 0 Å². The predicted molar refractivity (Wildman–Crippen MR) is 97.3 cm³/mol. The summed E-state index contributed by atoms with van der Waals surface area (Å²) in [7, 11) is -3.32. The molecule has 0 bridgehead atoms. The van der Waals surface area contributed by atoms with Gasteiger partial charge in [0.2, 0.25) is 15.9 Å². The number of rotatable bonds is 8. The molecule has 2 aliphatic rings. The van der Waals surface area contributed by atoms with Gasteiger partial charge in [0.15, 0.2) is 11.6 Å². The highest BCUT2D eigenvalue weighted by Gasteiger charge is 2.37. The third kappa shape index (κ3) is 5.03. The molecule has 1 saturated carbocycles. The first-order chi connectivity index (χ1) is 13.2. The van der Waals surface area contributed by atoms with E-state index in [1.54, 1.807) is 4.90 Å². The Morgan fingerprint density at radius 1 is 1.18 bits per heavy atom. The predicted octanol–water partition coefficient (Wildman–Crippen LogP) is 1.44. The van der Waals surface area contributed by atoms with Crippen LogP contribution in [0.25, 0.3) is 0 Å². The highest BCUT2D eigenvalue weighted by molar-refractivity contribution is 7.90. The largest absolute Gasteiger partial charge is 0.338 e. The first-order valence-electron chi connectivity index (χ1n) is 9.34. The summed E-state index contributed by atoms with van der Waals surface area (Å²) in [4.78, 5) is 14.2. The Labute approximate surface area is 162 Å². The number of carbonyl (C=O) groups excluding carboxylic acids is 1. The van der Waals surface area contributed by atoms with Gasteiger partial charge in [-0.25, -0.2) is 26.3 Å². The Kier molecular flexibility index (Phi) is 6.31. The van der Waals surface area contributed by atoms with E-state index in [1.807, 2.05) is 0 Å². The number of amides is 1. The maximum absolute atomic E-state index is 13.8. The van der Waals surface area contributed by atoms with Crippen LogP contribution in [-0.4, -0.2) is 49.6 Å². The second kappa shape index (κ2) is 8.38. The van der Waals surface area contributed by atoms with E-state index < -0.39 is 33.5 Å². The number of halogens is 3. The lowest BCUT2D eigenvalue weighted by molar-refractivity contribution is -0.132. The third-order valence-corrected chi connectivity index (χ3v) is 7.11. The average molecular weight is 419 g/mol. The van der Waals surface area contributed by atoms with Crippen LogP contribution in [0.4, 0.5) is 13.2 Å². The molecule has 3 N–H and O–H groups in total. The van der Waals surface area contributed by atoms with Crippen LogP contribution in [0.5, 0.6) is 0 Å². The van der Waals surface area contributed by atoms with Gasteiger partial charge in [-0.3, -0.25) is 4.79 Å². The SMILES string of the molecule is N[C@@H](CC(=O)N1CCCC1CNS(=O)(=O)C1CC1)Cc1cc(F)c(F)cc1F. The second-order valence-electron chi connectivity index (χ2n) is 7.50. The van der Waals surface area contributed by atoms with Crippen molar-refractivity contribution in [3.63, 3.8) is 0 Å². The molecule has 1 aliphatic heterocycles. The van der Waals surface area contributed by atoms with E-state index in [9.17, 15) is 26.4 Å². The minimum atomic E-state index is -3.32. The zero-order valence-electron chi connectivity index (χ0n) is 15.3. The van der Waals surface area contributed by atoms with Crippen molar-refractivity contribution >= 4 is 15.9 Å². The number of likely N-dealkylation sites (tertiary alicyclic amines) is 1. The minimum Gasteiger partial charge on any atom is -0.338 e. The van der Waals surface area contributed by atoms with Gasteiger partial charge >= 0.3 is 0 Å². The van der Waals surface area contributed by atoms with Crippen LogP contribution in [0.1, 0.15) is 37.7 Å². The summed E-state index contributed by atoms with van der Waals surface area (Å²) < 4.78 is 66.6. The Hall–Kier alpha value is -1.65. The second-order valence-corrected chi connectivity index (χ2v) is 9.55. The zero-order valence-corrected chi connectivity index (χ0v) is 16.2. The molecule has 1 amide bonds. The molecule has 0 spiro atoms. The third-order valence-electron chi connectivity index (χ3n) is 5.19. The van der Waals surface area contributed by atoms with Crippen LogP contribution in [0.2, 0.25) is 0 Å². The van der Waals surface area contributed by atoms with Gasteiger partial charge in [-0.1, -0.05) is 0 Å². The maximum Gasteiger partial charge on any atom is 0.224 e. The van der Waals surface area contributed by atoms with E-state index >= 15 is 0 Å². The number of nitrogens with two attached hydrogens (primary N) is 1. The first-order valence-corrected chi connectivity index (χ1v) is 10.9. The smallest absolute Gasteiger partial charge is 0.224 e. The van der Waals surface area contributed by atoms with E-state index in [0.717, 1.165) is 12.5 Å². The van der Waals surface area contributed by atoms with E-state index in [4.69, 9.17) is 5.73 Å². The number of hydrogen-bond acceptors (Lipinski definition) is 4. The molecule has 6 nitrogen and oxygen atoms in total. The fourth-order valence-corrected chi connectivity index (χ4v) is 4.92. The minimum absolute atomic E-state index is 0.0886. The van der Waals surface area contributed by atoms with Gasteiger partial charge in [-0.2, -0.15) is 0 Å². The van der Waals surface area contributed by atoms with Crippen molar-refractivity contribution in [2.45, 2.75) is 55.9 Å². The van der Waals surface area contributed by atoms with Crippen molar-refractivity contribution in [1.82, 2.24) is 9.62 Å². The van der Waals surface area contributed by atoms with Crippen molar-refractivity contribution in [2.24, 2.45) is 5.73 Å². The average Bonchev–Trinajstić information content (AvgIpc) is 3.37. The highest BCUT2D eigenvalue weighted by atomic mass is 32.2. The molecule has 1 unspecified atom stereocenters. The van der Waals surface area contributed by atoms with Gasteiger partial charge in [0.05, 0.1) is 5.25 Å². The van der Waals surface area contributed by atoms with Crippen LogP contribution >= 0.6 is 0 Å². The van der Waals surface area contributed by atoms with Gasteiger partial charge in [-0.15, -0.1) is 0 Å². The summed E-state index contributed by atoms with van der Waals surface area (Å²) in [5.74, 6) is -3.61. The summed E-state index contributed by atoms with van der Waals surface area (Å²) in [5, 5.41) is -0.322. The monoisotopic (exact) mass is 419 g/mol. The van der Waals surface area contributed by atoms with E-state index in [2.05, 4.69) is 4.72 Å². The van der Waals surface area contributed by atoms with Gasteiger partial charge in [0.1, 0.15) is 5.82 Å². The van der Waals surface area contributed by atoms with Crippen LogP contribution in [-0.2, 0) is 21.2 Å². The quantitative estimate of drug-likeness (QED) is 0.624. The van der Waals surface area contributed by atoms with Crippen molar-refractivity contribution in [1.29, 1.82) is 0 Å². The summed E-state index contributed by atoms with van der Waals surface area (Å²) in [6, 6.07) is 0.201. The lowest BCUT2D eigenvalue weighted by Crippen LogP contribution is -2.45. The highest BCUT2D eigenvalue weighted by Crippen LogP contribution is 2.28.